The van der Waals surface area contributed by atoms with Crippen molar-refractivity contribution in [2.24, 2.45) is 10.9 Å². The van der Waals surface area contributed by atoms with Crippen LogP contribution in [0.2, 0.25) is 0 Å². The van der Waals surface area contributed by atoms with Crippen molar-refractivity contribution >= 4 is 35.8 Å². The second-order valence-electron chi connectivity index (χ2n) is 8.39. The number of hydrogen-bond donors (Lipinski definition) is 1. The quantitative estimate of drug-likeness (QED) is 0.328. The van der Waals surface area contributed by atoms with Crippen LogP contribution in [0.4, 0.5) is 0 Å². The van der Waals surface area contributed by atoms with Crippen LogP contribution >= 0.6 is 24.0 Å². The van der Waals surface area contributed by atoms with Crippen molar-refractivity contribution in [1.29, 1.82) is 0 Å². The summed E-state index contributed by atoms with van der Waals surface area (Å²) in [7, 11) is 1.82. The van der Waals surface area contributed by atoms with Crippen molar-refractivity contribution in [2.75, 3.05) is 72.6 Å². The van der Waals surface area contributed by atoms with Gasteiger partial charge >= 0.3 is 0 Å². The first-order chi connectivity index (χ1) is 13.6. The number of rotatable bonds is 5. The van der Waals surface area contributed by atoms with Gasteiger partial charge in [-0.1, -0.05) is 13.8 Å². The van der Waals surface area contributed by atoms with E-state index in [1.807, 2.05) is 11.9 Å². The largest absolute Gasteiger partial charge is 0.374 e. The standard InChI is InChI=1S/C20H37N5O3.HI/c1-16(2)14-23-10-12-27-17(15-23)13-22-20(21-3)25-8-6-24(7-9-25)19(26)18-5-4-11-28-18;/h16-18H,4-15H2,1-3H3,(H,21,22);1H. The van der Waals surface area contributed by atoms with Crippen molar-refractivity contribution in [2.45, 2.75) is 38.9 Å². The van der Waals surface area contributed by atoms with Crippen LogP contribution < -0.4 is 5.32 Å². The molecule has 1 N–H and O–H groups in total. The third-order valence-corrected chi connectivity index (χ3v) is 5.64. The highest BCUT2D eigenvalue weighted by atomic mass is 127. The number of aliphatic imine (C=N–C) groups is 1. The molecule has 2 atom stereocenters. The lowest BCUT2D eigenvalue weighted by Gasteiger charge is -2.38. The molecule has 0 aliphatic carbocycles. The maximum absolute atomic E-state index is 12.5. The summed E-state index contributed by atoms with van der Waals surface area (Å²) in [5, 5.41) is 3.48. The zero-order chi connectivity index (χ0) is 19.9. The van der Waals surface area contributed by atoms with E-state index in [1.165, 1.54) is 0 Å². The van der Waals surface area contributed by atoms with Gasteiger partial charge in [0, 0.05) is 66.0 Å². The number of morpholine rings is 1. The van der Waals surface area contributed by atoms with E-state index in [9.17, 15) is 4.79 Å². The third-order valence-electron chi connectivity index (χ3n) is 5.64. The number of piperazine rings is 1. The van der Waals surface area contributed by atoms with E-state index < -0.39 is 0 Å². The molecule has 3 saturated heterocycles. The lowest BCUT2D eigenvalue weighted by Crippen LogP contribution is -2.56. The van der Waals surface area contributed by atoms with Gasteiger partial charge in [0.1, 0.15) is 6.10 Å². The van der Waals surface area contributed by atoms with E-state index in [2.05, 4.69) is 34.0 Å². The van der Waals surface area contributed by atoms with Gasteiger partial charge in [-0.05, 0) is 18.8 Å². The summed E-state index contributed by atoms with van der Waals surface area (Å²) in [6.07, 6.45) is 1.82. The highest BCUT2D eigenvalue weighted by molar-refractivity contribution is 14.0. The Kier molecular flexibility index (Phi) is 10.4. The number of carbonyl (C=O) groups excluding carboxylic acids is 1. The van der Waals surface area contributed by atoms with Crippen molar-refractivity contribution in [1.82, 2.24) is 20.0 Å². The molecule has 9 heteroatoms. The number of guanidine groups is 1. The number of nitrogens with zero attached hydrogens (tertiary/aromatic N) is 4. The molecular weight excluding hydrogens is 485 g/mol. The Bertz CT molecular complexity index is 534. The van der Waals surface area contributed by atoms with E-state index >= 15 is 0 Å². The van der Waals surface area contributed by atoms with Crippen molar-refractivity contribution in [3.63, 3.8) is 0 Å². The normalized spacial score (nSPS) is 26.6. The Morgan fingerprint density at radius 2 is 1.83 bits per heavy atom. The smallest absolute Gasteiger partial charge is 0.251 e. The number of amides is 1. The summed E-state index contributed by atoms with van der Waals surface area (Å²) in [6.45, 7) is 12.9. The predicted molar refractivity (Wildman–Crippen MR) is 125 cm³/mol. The highest BCUT2D eigenvalue weighted by Crippen LogP contribution is 2.16. The topological polar surface area (TPSA) is 69.6 Å². The number of halogens is 1. The number of nitrogens with one attached hydrogen (secondary N) is 1. The van der Waals surface area contributed by atoms with Crippen LogP contribution in [0.5, 0.6) is 0 Å². The van der Waals surface area contributed by atoms with Crippen LogP contribution in [-0.4, -0.2) is 111 Å². The summed E-state index contributed by atoms with van der Waals surface area (Å²) in [5.41, 5.74) is 0. The summed E-state index contributed by atoms with van der Waals surface area (Å²) in [4.78, 5) is 23.6. The Morgan fingerprint density at radius 1 is 1.10 bits per heavy atom. The van der Waals surface area contributed by atoms with Crippen LogP contribution in [0.25, 0.3) is 0 Å². The molecule has 3 fully saturated rings. The molecule has 3 aliphatic rings. The molecule has 168 valence electrons. The first-order valence-electron chi connectivity index (χ1n) is 10.8. The lowest BCUT2D eigenvalue weighted by atomic mass is 10.2. The van der Waals surface area contributed by atoms with E-state index in [1.54, 1.807) is 0 Å². The highest BCUT2D eigenvalue weighted by Gasteiger charge is 2.31. The van der Waals surface area contributed by atoms with E-state index in [0.29, 0.717) is 12.5 Å². The molecule has 29 heavy (non-hydrogen) atoms. The molecule has 0 spiro atoms. The Morgan fingerprint density at radius 3 is 2.45 bits per heavy atom. The van der Waals surface area contributed by atoms with Gasteiger partial charge in [0.05, 0.1) is 12.7 Å². The minimum absolute atomic E-state index is 0. The van der Waals surface area contributed by atoms with Crippen LogP contribution in [0.3, 0.4) is 0 Å². The molecule has 0 aromatic carbocycles. The molecule has 0 aromatic heterocycles. The van der Waals surface area contributed by atoms with E-state index in [4.69, 9.17) is 9.47 Å². The van der Waals surface area contributed by atoms with Gasteiger partial charge in [-0.25, -0.2) is 0 Å². The lowest BCUT2D eigenvalue weighted by molar-refractivity contribution is -0.142. The molecule has 3 heterocycles. The Hall–Kier alpha value is -0.650. The summed E-state index contributed by atoms with van der Waals surface area (Å²) >= 11 is 0. The van der Waals surface area contributed by atoms with Gasteiger partial charge in [0.2, 0.25) is 0 Å². The first kappa shape index (κ1) is 24.6. The maximum Gasteiger partial charge on any atom is 0.251 e. The van der Waals surface area contributed by atoms with Crippen molar-refractivity contribution < 1.29 is 14.3 Å². The van der Waals surface area contributed by atoms with E-state index in [0.717, 1.165) is 77.8 Å². The van der Waals surface area contributed by atoms with Crippen LogP contribution in [0.1, 0.15) is 26.7 Å². The number of hydrogen-bond acceptors (Lipinski definition) is 5. The zero-order valence-corrected chi connectivity index (χ0v) is 20.5. The molecule has 3 rings (SSSR count). The Balaban J connectivity index is 0.00000300. The molecule has 0 bridgehead atoms. The van der Waals surface area contributed by atoms with Crippen LogP contribution in [-0.2, 0) is 14.3 Å². The predicted octanol–water partition coefficient (Wildman–Crippen LogP) is 0.860. The minimum atomic E-state index is -0.221. The second-order valence-corrected chi connectivity index (χ2v) is 8.39. The third kappa shape index (κ3) is 7.22. The SMILES string of the molecule is CN=C(NCC1CN(CC(C)C)CCO1)N1CCN(C(=O)C2CCCO2)CC1.I. The van der Waals surface area contributed by atoms with Gasteiger partial charge in [0.25, 0.3) is 5.91 Å². The minimum Gasteiger partial charge on any atom is -0.374 e. The van der Waals surface area contributed by atoms with Gasteiger partial charge in [-0.15, -0.1) is 24.0 Å². The van der Waals surface area contributed by atoms with Gasteiger partial charge in [-0.3, -0.25) is 14.7 Å². The summed E-state index contributed by atoms with van der Waals surface area (Å²) in [6, 6.07) is 0. The first-order valence-corrected chi connectivity index (χ1v) is 10.8. The average molecular weight is 523 g/mol. The molecule has 0 saturated carbocycles. The zero-order valence-electron chi connectivity index (χ0n) is 18.1. The molecule has 2 unspecified atom stereocenters. The van der Waals surface area contributed by atoms with Gasteiger partial charge in [-0.2, -0.15) is 0 Å². The van der Waals surface area contributed by atoms with Crippen LogP contribution in [0, 0.1) is 5.92 Å². The van der Waals surface area contributed by atoms with Crippen molar-refractivity contribution in [3.8, 4) is 0 Å². The van der Waals surface area contributed by atoms with Gasteiger partial charge in [0.15, 0.2) is 5.96 Å². The van der Waals surface area contributed by atoms with Crippen molar-refractivity contribution in [3.05, 3.63) is 0 Å². The molecule has 8 nitrogen and oxygen atoms in total. The molecule has 3 aliphatic heterocycles. The molecule has 0 aromatic rings. The fourth-order valence-electron chi connectivity index (χ4n) is 4.24. The molecule has 1 amide bonds. The summed E-state index contributed by atoms with van der Waals surface area (Å²) in [5.74, 6) is 1.72. The van der Waals surface area contributed by atoms with Gasteiger partial charge < -0.3 is 24.6 Å². The van der Waals surface area contributed by atoms with Crippen LogP contribution in [0.15, 0.2) is 4.99 Å². The van der Waals surface area contributed by atoms with E-state index in [-0.39, 0.29) is 42.1 Å². The Labute approximate surface area is 192 Å². The number of carbonyl (C=O) groups is 1. The molecule has 0 radical (unpaired) electrons. The average Bonchev–Trinajstić information content (AvgIpc) is 3.23. The second kappa shape index (κ2) is 12.3. The monoisotopic (exact) mass is 523 g/mol. The maximum atomic E-state index is 12.5. The fourth-order valence-corrected chi connectivity index (χ4v) is 4.24. The summed E-state index contributed by atoms with van der Waals surface area (Å²) < 4.78 is 11.5. The fraction of sp³-hybridized carbons (Fsp3) is 0.900. The number of ether oxygens (including phenoxy) is 2. The molecular formula is C20H38IN5O3.